The molecule has 4 nitrogen and oxygen atoms in total. The lowest BCUT2D eigenvalue weighted by Crippen LogP contribution is -2.26. The lowest BCUT2D eigenvalue weighted by atomic mass is 10.1. The zero-order chi connectivity index (χ0) is 9.26. The topological polar surface area (TPSA) is 58.2 Å². The largest absolute Gasteiger partial charge is 0.343 e. The predicted octanol–water partition coefficient (Wildman–Crippen LogP) is 0.426. The number of benzene rings is 1. The van der Waals surface area contributed by atoms with Gasteiger partial charge in [-0.15, -0.1) is 0 Å². The van der Waals surface area contributed by atoms with E-state index in [4.69, 9.17) is 0 Å². The Morgan fingerprint density at radius 2 is 2.15 bits per heavy atom. The molecule has 13 heavy (non-hydrogen) atoms. The first-order chi connectivity index (χ1) is 6.33. The van der Waals surface area contributed by atoms with E-state index < -0.39 is 6.04 Å². The SMILES string of the molecule is O=CN[C@H]1C(=O)Nc2ccccc21. The second-order valence-electron chi connectivity index (χ2n) is 2.79. The first kappa shape index (κ1) is 7.79. The molecule has 4 heteroatoms. The zero-order valence-electron chi connectivity index (χ0n) is 6.78. The van der Waals surface area contributed by atoms with E-state index in [1.165, 1.54) is 0 Å². The normalized spacial score (nSPS) is 19.1. The fourth-order valence-electron chi connectivity index (χ4n) is 1.44. The fraction of sp³-hybridized carbons (Fsp3) is 0.111. The molecule has 1 aliphatic rings. The summed E-state index contributed by atoms with van der Waals surface area (Å²) in [4.78, 5) is 21.5. The number of carbonyl (C=O) groups is 2. The minimum Gasteiger partial charge on any atom is -0.343 e. The molecular formula is C9H8N2O2. The van der Waals surface area contributed by atoms with Crippen molar-refractivity contribution in [3.05, 3.63) is 29.8 Å². The Morgan fingerprint density at radius 3 is 2.92 bits per heavy atom. The highest BCUT2D eigenvalue weighted by atomic mass is 16.2. The van der Waals surface area contributed by atoms with Crippen molar-refractivity contribution in [2.75, 3.05) is 5.32 Å². The van der Waals surface area contributed by atoms with Crippen LogP contribution >= 0.6 is 0 Å². The van der Waals surface area contributed by atoms with Crippen molar-refractivity contribution in [2.24, 2.45) is 0 Å². The van der Waals surface area contributed by atoms with Crippen LogP contribution in [0.15, 0.2) is 24.3 Å². The molecule has 0 saturated carbocycles. The quantitative estimate of drug-likeness (QED) is 0.642. The van der Waals surface area contributed by atoms with Crippen molar-refractivity contribution in [3.8, 4) is 0 Å². The van der Waals surface area contributed by atoms with Crippen molar-refractivity contribution in [1.29, 1.82) is 0 Å². The number of carbonyl (C=O) groups excluding carboxylic acids is 2. The molecule has 1 atom stereocenters. The van der Waals surface area contributed by atoms with E-state index in [1.54, 1.807) is 6.07 Å². The molecule has 2 rings (SSSR count). The van der Waals surface area contributed by atoms with Crippen LogP contribution in [0.5, 0.6) is 0 Å². The van der Waals surface area contributed by atoms with Crippen LogP contribution in [0.1, 0.15) is 11.6 Å². The average Bonchev–Trinajstić information content (AvgIpc) is 2.44. The number of fused-ring (bicyclic) bond motifs is 1. The Bertz CT molecular complexity index is 362. The number of para-hydroxylation sites is 1. The summed E-state index contributed by atoms with van der Waals surface area (Å²) in [6.45, 7) is 0. The molecule has 1 aromatic carbocycles. The van der Waals surface area contributed by atoms with E-state index in [9.17, 15) is 9.59 Å². The summed E-state index contributed by atoms with van der Waals surface area (Å²) in [6.07, 6.45) is 0.534. The van der Waals surface area contributed by atoms with Gasteiger partial charge >= 0.3 is 0 Å². The molecule has 0 aromatic heterocycles. The molecule has 0 radical (unpaired) electrons. The van der Waals surface area contributed by atoms with Gasteiger partial charge in [-0.25, -0.2) is 0 Å². The van der Waals surface area contributed by atoms with Crippen LogP contribution in [0.2, 0.25) is 0 Å². The molecule has 0 saturated heterocycles. The monoisotopic (exact) mass is 176 g/mol. The molecule has 2 N–H and O–H groups in total. The first-order valence-corrected chi connectivity index (χ1v) is 3.92. The number of hydrogen-bond acceptors (Lipinski definition) is 2. The average molecular weight is 176 g/mol. The molecule has 0 fully saturated rings. The lowest BCUT2D eigenvalue weighted by molar-refractivity contribution is -0.120. The van der Waals surface area contributed by atoms with Gasteiger partial charge in [0.25, 0.3) is 5.91 Å². The number of rotatable bonds is 2. The predicted molar refractivity (Wildman–Crippen MR) is 47.0 cm³/mol. The summed E-state index contributed by atoms with van der Waals surface area (Å²) in [5.41, 5.74) is 1.59. The molecule has 0 unspecified atom stereocenters. The molecule has 0 spiro atoms. The van der Waals surface area contributed by atoms with Crippen LogP contribution in [0.4, 0.5) is 5.69 Å². The van der Waals surface area contributed by atoms with Gasteiger partial charge in [-0.2, -0.15) is 0 Å². The van der Waals surface area contributed by atoms with Crippen molar-refractivity contribution in [1.82, 2.24) is 5.32 Å². The van der Waals surface area contributed by atoms with Crippen LogP contribution in [0.25, 0.3) is 0 Å². The highest BCUT2D eigenvalue weighted by molar-refractivity contribution is 6.03. The molecular weight excluding hydrogens is 168 g/mol. The van der Waals surface area contributed by atoms with Gasteiger partial charge in [0.05, 0.1) is 0 Å². The third-order valence-corrected chi connectivity index (χ3v) is 2.03. The molecule has 1 aliphatic heterocycles. The summed E-state index contributed by atoms with van der Waals surface area (Å²) in [5.74, 6) is -0.187. The third-order valence-electron chi connectivity index (χ3n) is 2.03. The number of hydrogen-bond donors (Lipinski definition) is 2. The van der Waals surface area contributed by atoms with Crippen LogP contribution in [-0.4, -0.2) is 12.3 Å². The van der Waals surface area contributed by atoms with E-state index in [0.717, 1.165) is 11.3 Å². The number of amides is 2. The molecule has 2 amide bonds. The van der Waals surface area contributed by atoms with Gasteiger partial charge < -0.3 is 10.6 Å². The minimum absolute atomic E-state index is 0.187. The van der Waals surface area contributed by atoms with Gasteiger partial charge in [-0.3, -0.25) is 9.59 Å². The van der Waals surface area contributed by atoms with E-state index in [-0.39, 0.29) is 5.91 Å². The molecule has 1 aromatic rings. The Labute approximate surface area is 74.9 Å². The van der Waals surface area contributed by atoms with Gasteiger partial charge in [0.2, 0.25) is 6.41 Å². The summed E-state index contributed by atoms with van der Waals surface area (Å²) >= 11 is 0. The third kappa shape index (κ3) is 1.16. The molecule has 0 aliphatic carbocycles. The van der Waals surface area contributed by atoms with E-state index in [0.29, 0.717) is 6.41 Å². The Morgan fingerprint density at radius 1 is 1.38 bits per heavy atom. The van der Waals surface area contributed by atoms with Gasteiger partial charge in [0.15, 0.2) is 0 Å². The summed E-state index contributed by atoms with van der Waals surface area (Å²) in [5, 5.41) is 5.13. The molecule has 1 heterocycles. The van der Waals surface area contributed by atoms with E-state index >= 15 is 0 Å². The maximum Gasteiger partial charge on any atom is 0.251 e. The van der Waals surface area contributed by atoms with E-state index in [1.807, 2.05) is 18.2 Å². The van der Waals surface area contributed by atoms with Crippen molar-refractivity contribution < 1.29 is 9.59 Å². The summed E-state index contributed by atoms with van der Waals surface area (Å²) < 4.78 is 0. The van der Waals surface area contributed by atoms with Gasteiger partial charge in [-0.05, 0) is 6.07 Å². The van der Waals surface area contributed by atoms with Crippen LogP contribution in [-0.2, 0) is 9.59 Å². The van der Waals surface area contributed by atoms with Crippen molar-refractivity contribution in [2.45, 2.75) is 6.04 Å². The number of anilines is 1. The lowest BCUT2D eigenvalue weighted by Gasteiger charge is -2.05. The van der Waals surface area contributed by atoms with Crippen LogP contribution in [0.3, 0.4) is 0 Å². The fourth-order valence-corrected chi connectivity index (χ4v) is 1.44. The highest BCUT2D eigenvalue weighted by Crippen LogP contribution is 2.29. The minimum atomic E-state index is -0.534. The number of nitrogens with one attached hydrogen (secondary N) is 2. The molecule has 0 bridgehead atoms. The Balaban J connectivity index is 2.40. The first-order valence-electron chi connectivity index (χ1n) is 3.92. The summed E-state index contributed by atoms with van der Waals surface area (Å²) in [7, 11) is 0. The standard InChI is InChI=1S/C9H8N2O2/c12-5-10-8-6-3-1-2-4-7(6)11-9(8)13/h1-5,8H,(H,10,12)(H,11,13)/t8-/m1/s1. The Hall–Kier alpha value is -1.84. The van der Waals surface area contributed by atoms with Gasteiger partial charge in [-0.1, -0.05) is 18.2 Å². The zero-order valence-corrected chi connectivity index (χ0v) is 6.78. The maximum absolute atomic E-state index is 11.3. The summed E-state index contributed by atoms with van der Waals surface area (Å²) in [6, 6.07) is 6.75. The maximum atomic E-state index is 11.3. The van der Waals surface area contributed by atoms with Crippen molar-refractivity contribution >= 4 is 18.0 Å². The van der Waals surface area contributed by atoms with Gasteiger partial charge in [0.1, 0.15) is 6.04 Å². The van der Waals surface area contributed by atoms with Crippen molar-refractivity contribution in [3.63, 3.8) is 0 Å². The smallest absolute Gasteiger partial charge is 0.251 e. The molecule has 66 valence electrons. The highest BCUT2D eigenvalue weighted by Gasteiger charge is 2.29. The second kappa shape index (κ2) is 2.90. The van der Waals surface area contributed by atoms with Crippen LogP contribution in [0, 0.1) is 0 Å². The van der Waals surface area contributed by atoms with Crippen LogP contribution < -0.4 is 10.6 Å². The van der Waals surface area contributed by atoms with Gasteiger partial charge in [0, 0.05) is 11.3 Å². The Kier molecular flexibility index (Phi) is 1.73. The van der Waals surface area contributed by atoms with E-state index in [2.05, 4.69) is 10.6 Å². The second-order valence-corrected chi connectivity index (χ2v) is 2.79.